The summed E-state index contributed by atoms with van der Waals surface area (Å²) >= 11 is 0. The zero-order valence-electron chi connectivity index (χ0n) is 8.03. The van der Waals surface area contributed by atoms with Crippen LogP contribution in [0, 0.1) is 0 Å². The van der Waals surface area contributed by atoms with Crippen molar-refractivity contribution < 1.29 is 4.79 Å². The van der Waals surface area contributed by atoms with Crippen LogP contribution >= 0.6 is 0 Å². The molecule has 0 radical (unpaired) electrons. The number of hydrogen-bond donors (Lipinski definition) is 2. The third kappa shape index (κ3) is 3.26. The van der Waals surface area contributed by atoms with E-state index >= 15 is 0 Å². The molecule has 1 aromatic heterocycles. The Labute approximate surface area is 82.8 Å². The van der Waals surface area contributed by atoms with Gasteiger partial charge in [-0.25, -0.2) is 4.98 Å². The molecule has 4 nitrogen and oxygen atoms in total. The first-order valence-corrected chi connectivity index (χ1v) is 4.41. The van der Waals surface area contributed by atoms with E-state index in [9.17, 15) is 4.79 Å². The molecule has 0 saturated carbocycles. The molecule has 1 amide bonds. The van der Waals surface area contributed by atoms with Crippen molar-refractivity contribution in [3.05, 3.63) is 30.5 Å². The van der Waals surface area contributed by atoms with Crippen LogP contribution in [0.4, 0.5) is 11.5 Å². The van der Waals surface area contributed by atoms with E-state index in [4.69, 9.17) is 5.73 Å². The Morgan fingerprint density at radius 1 is 1.64 bits per heavy atom. The molecule has 0 aliphatic heterocycles. The average Bonchev–Trinajstić information content (AvgIpc) is 2.18. The van der Waals surface area contributed by atoms with Crippen LogP contribution in [0.15, 0.2) is 30.5 Å². The van der Waals surface area contributed by atoms with Crippen LogP contribution < -0.4 is 11.1 Å². The van der Waals surface area contributed by atoms with Gasteiger partial charge in [0.15, 0.2) is 0 Å². The van der Waals surface area contributed by atoms with Gasteiger partial charge in [0, 0.05) is 0 Å². The SMILES string of the molecule is CC/C=C/C(=O)Nc1ccc(N)nc1. The molecule has 14 heavy (non-hydrogen) atoms. The molecule has 0 aliphatic carbocycles. The number of rotatable bonds is 3. The van der Waals surface area contributed by atoms with Gasteiger partial charge >= 0.3 is 0 Å². The van der Waals surface area contributed by atoms with Gasteiger partial charge in [-0.05, 0) is 24.6 Å². The topological polar surface area (TPSA) is 68.0 Å². The smallest absolute Gasteiger partial charge is 0.248 e. The Morgan fingerprint density at radius 2 is 2.43 bits per heavy atom. The molecular weight excluding hydrogens is 178 g/mol. The number of aromatic nitrogens is 1. The number of amides is 1. The highest BCUT2D eigenvalue weighted by molar-refractivity contribution is 5.99. The van der Waals surface area contributed by atoms with Crippen molar-refractivity contribution in [1.29, 1.82) is 0 Å². The van der Waals surface area contributed by atoms with Crippen molar-refractivity contribution in [3.63, 3.8) is 0 Å². The predicted octanol–water partition coefficient (Wildman–Crippen LogP) is 1.57. The molecule has 3 N–H and O–H groups in total. The second kappa shape index (κ2) is 5.01. The number of nitrogens with two attached hydrogens (primary N) is 1. The summed E-state index contributed by atoms with van der Waals surface area (Å²) in [6, 6.07) is 3.35. The van der Waals surface area contributed by atoms with Crippen molar-refractivity contribution in [1.82, 2.24) is 4.98 Å². The van der Waals surface area contributed by atoms with Crippen molar-refractivity contribution >= 4 is 17.4 Å². The Balaban J connectivity index is 2.56. The number of nitrogens with zero attached hydrogens (tertiary/aromatic N) is 1. The van der Waals surface area contributed by atoms with Crippen molar-refractivity contribution in [2.24, 2.45) is 0 Å². The van der Waals surface area contributed by atoms with Crippen molar-refractivity contribution in [3.8, 4) is 0 Å². The number of nitrogens with one attached hydrogen (secondary N) is 1. The minimum Gasteiger partial charge on any atom is -0.384 e. The lowest BCUT2D eigenvalue weighted by Crippen LogP contribution is -2.08. The molecular formula is C10H13N3O. The lowest BCUT2D eigenvalue weighted by Gasteiger charge is -2.00. The van der Waals surface area contributed by atoms with E-state index in [2.05, 4.69) is 10.3 Å². The van der Waals surface area contributed by atoms with Gasteiger partial charge in [-0.3, -0.25) is 4.79 Å². The molecule has 74 valence electrons. The quantitative estimate of drug-likeness (QED) is 0.712. The third-order valence-corrected chi connectivity index (χ3v) is 1.56. The van der Waals surface area contributed by atoms with E-state index in [0.29, 0.717) is 11.5 Å². The van der Waals surface area contributed by atoms with Gasteiger partial charge in [0.1, 0.15) is 5.82 Å². The van der Waals surface area contributed by atoms with E-state index in [1.807, 2.05) is 6.92 Å². The van der Waals surface area contributed by atoms with Gasteiger partial charge in [-0.1, -0.05) is 13.0 Å². The van der Waals surface area contributed by atoms with Gasteiger partial charge < -0.3 is 11.1 Å². The number of anilines is 2. The van der Waals surface area contributed by atoms with Gasteiger partial charge in [0.05, 0.1) is 11.9 Å². The van der Waals surface area contributed by atoms with Gasteiger partial charge in [0.2, 0.25) is 5.91 Å². The summed E-state index contributed by atoms with van der Waals surface area (Å²) in [5.74, 6) is 0.283. The number of carbonyl (C=O) groups excluding carboxylic acids is 1. The first kappa shape index (κ1) is 10.2. The number of carbonyl (C=O) groups is 1. The normalized spacial score (nSPS) is 10.4. The van der Waals surface area contributed by atoms with E-state index < -0.39 is 0 Å². The molecule has 0 aliphatic rings. The van der Waals surface area contributed by atoms with Crippen molar-refractivity contribution in [2.75, 3.05) is 11.1 Å². The monoisotopic (exact) mass is 191 g/mol. The van der Waals surface area contributed by atoms with Crippen LogP contribution in [-0.2, 0) is 4.79 Å². The number of nitrogen functional groups attached to an aromatic ring is 1. The summed E-state index contributed by atoms with van der Waals surface area (Å²) < 4.78 is 0. The average molecular weight is 191 g/mol. The maximum Gasteiger partial charge on any atom is 0.248 e. The molecule has 1 aromatic rings. The number of allylic oxidation sites excluding steroid dienone is 1. The summed E-state index contributed by atoms with van der Waals surface area (Å²) in [7, 11) is 0. The summed E-state index contributed by atoms with van der Waals surface area (Å²) in [4.78, 5) is 15.1. The maximum absolute atomic E-state index is 11.2. The van der Waals surface area contributed by atoms with Crippen LogP contribution in [0.5, 0.6) is 0 Å². The van der Waals surface area contributed by atoms with Gasteiger partial charge in [-0.15, -0.1) is 0 Å². The number of pyridine rings is 1. The highest BCUT2D eigenvalue weighted by Gasteiger charge is 1.96. The molecule has 0 unspecified atom stereocenters. The zero-order valence-corrected chi connectivity index (χ0v) is 8.03. The summed E-state index contributed by atoms with van der Waals surface area (Å²) in [5.41, 5.74) is 6.04. The first-order valence-electron chi connectivity index (χ1n) is 4.41. The molecule has 0 atom stereocenters. The van der Waals surface area contributed by atoms with E-state index in [0.717, 1.165) is 6.42 Å². The van der Waals surface area contributed by atoms with Gasteiger partial charge in [-0.2, -0.15) is 0 Å². The number of hydrogen-bond acceptors (Lipinski definition) is 3. The Kier molecular flexibility index (Phi) is 3.67. The molecule has 0 bridgehead atoms. The van der Waals surface area contributed by atoms with Crippen LogP contribution in [0.1, 0.15) is 13.3 Å². The lowest BCUT2D eigenvalue weighted by molar-refractivity contribution is -0.111. The van der Waals surface area contributed by atoms with Crippen LogP contribution in [0.3, 0.4) is 0 Å². The Morgan fingerprint density at radius 3 is 3.00 bits per heavy atom. The standard InChI is InChI=1S/C10H13N3O/c1-2-3-4-10(14)13-8-5-6-9(11)12-7-8/h3-7H,2H2,1H3,(H2,11,12)(H,13,14)/b4-3+. The van der Waals surface area contributed by atoms with Crippen LogP contribution in [-0.4, -0.2) is 10.9 Å². The minimum atomic E-state index is -0.154. The third-order valence-electron chi connectivity index (χ3n) is 1.56. The summed E-state index contributed by atoms with van der Waals surface area (Å²) in [6.45, 7) is 1.97. The van der Waals surface area contributed by atoms with Crippen molar-refractivity contribution in [2.45, 2.75) is 13.3 Å². The molecule has 1 rings (SSSR count). The van der Waals surface area contributed by atoms with E-state index in [1.165, 1.54) is 12.3 Å². The highest BCUT2D eigenvalue weighted by atomic mass is 16.1. The van der Waals surface area contributed by atoms with Crippen LogP contribution in [0.2, 0.25) is 0 Å². The first-order chi connectivity index (χ1) is 6.72. The summed E-state index contributed by atoms with van der Waals surface area (Å²) in [6.07, 6.45) is 5.65. The fourth-order valence-electron chi connectivity index (χ4n) is 0.888. The Bertz CT molecular complexity index is 330. The molecule has 0 spiro atoms. The van der Waals surface area contributed by atoms with E-state index in [1.54, 1.807) is 18.2 Å². The van der Waals surface area contributed by atoms with Gasteiger partial charge in [0.25, 0.3) is 0 Å². The summed E-state index contributed by atoms with van der Waals surface area (Å²) in [5, 5.41) is 2.66. The molecule has 0 fully saturated rings. The lowest BCUT2D eigenvalue weighted by atomic mass is 10.3. The zero-order chi connectivity index (χ0) is 10.4. The maximum atomic E-state index is 11.2. The minimum absolute atomic E-state index is 0.154. The second-order valence-electron chi connectivity index (χ2n) is 2.77. The van der Waals surface area contributed by atoms with Crippen LogP contribution in [0.25, 0.3) is 0 Å². The molecule has 0 aromatic carbocycles. The fraction of sp³-hybridized carbons (Fsp3) is 0.200. The molecule has 4 heteroatoms. The molecule has 0 saturated heterocycles. The Hall–Kier alpha value is -1.84. The largest absolute Gasteiger partial charge is 0.384 e. The molecule has 1 heterocycles. The second-order valence-corrected chi connectivity index (χ2v) is 2.77. The fourth-order valence-corrected chi connectivity index (χ4v) is 0.888. The highest BCUT2D eigenvalue weighted by Crippen LogP contribution is 2.06. The van der Waals surface area contributed by atoms with E-state index in [-0.39, 0.29) is 5.91 Å². The predicted molar refractivity (Wildman–Crippen MR) is 56.7 cm³/mol.